The van der Waals surface area contributed by atoms with E-state index in [0.29, 0.717) is 10.6 Å². The zero-order chi connectivity index (χ0) is 14.8. The summed E-state index contributed by atoms with van der Waals surface area (Å²) >= 11 is 5.88. The van der Waals surface area contributed by atoms with Gasteiger partial charge in [0.15, 0.2) is 0 Å². The van der Waals surface area contributed by atoms with E-state index in [1.807, 2.05) is 0 Å². The minimum atomic E-state index is -3.60. The minimum Gasteiger partial charge on any atom is -0.872 e. The first-order valence-corrected chi connectivity index (χ1v) is 7.92. The number of benzene rings is 1. The molecular formula is C14H11ClNO3S-. The molecule has 1 aromatic carbocycles. The van der Waals surface area contributed by atoms with Gasteiger partial charge in [-0.2, -0.15) is 4.40 Å². The van der Waals surface area contributed by atoms with E-state index >= 15 is 0 Å². The van der Waals surface area contributed by atoms with E-state index in [1.165, 1.54) is 18.2 Å². The molecule has 6 heteroatoms. The smallest absolute Gasteiger partial charge is 0.250 e. The van der Waals surface area contributed by atoms with Crippen molar-refractivity contribution in [1.29, 1.82) is 0 Å². The molecule has 0 fully saturated rings. The molecule has 2 rings (SSSR count). The number of rotatable bonds is 2. The van der Waals surface area contributed by atoms with E-state index in [2.05, 4.69) is 4.40 Å². The third kappa shape index (κ3) is 3.59. The fourth-order valence-corrected chi connectivity index (χ4v) is 2.38. The van der Waals surface area contributed by atoms with Crippen molar-refractivity contribution in [1.82, 2.24) is 0 Å². The van der Waals surface area contributed by atoms with Gasteiger partial charge in [0.2, 0.25) is 0 Å². The molecule has 0 unspecified atom stereocenters. The van der Waals surface area contributed by atoms with Crippen molar-refractivity contribution in [2.75, 3.05) is 6.26 Å². The molecule has 104 valence electrons. The molecule has 0 saturated carbocycles. The van der Waals surface area contributed by atoms with Crippen LogP contribution in [0.3, 0.4) is 0 Å². The van der Waals surface area contributed by atoms with Crippen LogP contribution in [0.1, 0.15) is 5.56 Å². The summed E-state index contributed by atoms with van der Waals surface area (Å²) in [7, 11) is -3.60. The fraction of sp³-hybridized carbons (Fsp3) is 0.0714. The molecule has 20 heavy (non-hydrogen) atoms. The Labute approximate surface area is 122 Å². The summed E-state index contributed by atoms with van der Waals surface area (Å²) in [6.45, 7) is 0. The van der Waals surface area contributed by atoms with Gasteiger partial charge in [-0.15, -0.1) is 0 Å². The van der Waals surface area contributed by atoms with Crippen LogP contribution in [-0.4, -0.2) is 20.4 Å². The van der Waals surface area contributed by atoms with Crippen LogP contribution >= 0.6 is 11.6 Å². The molecule has 0 aliphatic heterocycles. The molecule has 0 saturated heterocycles. The largest absolute Gasteiger partial charge is 0.872 e. The van der Waals surface area contributed by atoms with Crippen molar-refractivity contribution in [3.05, 3.63) is 64.7 Å². The summed E-state index contributed by atoms with van der Waals surface area (Å²) in [6.07, 6.45) is 5.30. The van der Waals surface area contributed by atoms with E-state index in [1.54, 1.807) is 30.3 Å². The standard InChI is InChI=1S/C14H12ClNO3S/c1-20(18,19)16-13-8-7-11(15)9-12(13)14(17)10-5-3-2-4-6-10/h2-9,17H,1H3/p-1. The van der Waals surface area contributed by atoms with Crippen molar-refractivity contribution in [2.45, 2.75) is 0 Å². The van der Waals surface area contributed by atoms with Crippen LogP contribution in [0.25, 0.3) is 5.76 Å². The molecule has 0 heterocycles. The highest BCUT2D eigenvalue weighted by Crippen LogP contribution is 2.23. The fourth-order valence-electron chi connectivity index (χ4n) is 1.69. The second-order valence-electron chi connectivity index (χ2n) is 4.18. The first kappa shape index (κ1) is 14.6. The Hall–Kier alpha value is -1.85. The van der Waals surface area contributed by atoms with Gasteiger partial charge in [0.1, 0.15) is 0 Å². The van der Waals surface area contributed by atoms with Crippen LogP contribution in [0.4, 0.5) is 0 Å². The van der Waals surface area contributed by atoms with Crippen LogP contribution in [0.5, 0.6) is 0 Å². The van der Waals surface area contributed by atoms with Gasteiger partial charge >= 0.3 is 0 Å². The Morgan fingerprint density at radius 1 is 1.20 bits per heavy atom. The van der Waals surface area contributed by atoms with E-state index in [-0.39, 0.29) is 17.0 Å². The van der Waals surface area contributed by atoms with Gasteiger partial charge in [-0.3, -0.25) is 0 Å². The lowest BCUT2D eigenvalue weighted by Gasteiger charge is -2.19. The number of halogens is 1. The first-order valence-electron chi connectivity index (χ1n) is 5.69. The molecule has 0 bridgehead atoms. The zero-order valence-corrected chi connectivity index (χ0v) is 12.1. The minimum absolute atomic E-state index is 0.0887. The molecular weight excluding hydrogens is 298 g/mol. The van der Waals surface area contributed by atoms with E-state index in [0.717, 1.165) is 6.26 Å². The van der Waals surface area contributed by atoms with Gasteiger partial charge in [-0.25, -0.2) is 8.42 Å². The lowest BCUT2D eigenvalue weighted by atomic mass is 10.0. The van der Waals surface area contributed by atoms with E-state index in [4.69, 9.17) is 11.6 Å². The Morgan fingerprint density at radius 3 is 2.45 bits per heavy atom. The molecule has 4 nitrogen and oxygen atoms in total. The molecule has 1 aliphatic carbocycles. The van der Waals surface area contributed by atoms with Crippen molar-refractivity contribution in [3.63, 3.8) is 0 Å². The molecule has 0 N–H and O–H groups in total. The number of allylic oxidation sites excluding steroid dienone is 5. The highest BCUT2D eigenvalue weighted by molar-refractivity contribution is 7.89. The maximum absolute atomic E-state index is 12.4. The Kier molecular flexibility index (Phi) is 4.11. The van der Waals surface area contributed by atoms with Crippen LogP contribution in [-0.2, 0) is 10.0 Å². The van der Waals surface area contributed by atoms with E-state index < -0.39 is 10.0 Å². The summed E-state index contributed by atoms with van der Waals surface area (Å²) in [5, 5.41) is 12.7. The quantitative estimate of drug-likeness (QED) is 0.783. The summed E-state index contributed by atoms with van der Waals surface area (Å²) in [5.74, 6) is -0.324. The van der Waals surface area contributed by atoms with Crippen LogP contribution in [0, 0.1) is 0 Å². The Bertz CT molecular complexity index is 744. The van der Waals surface area contributed by atoms with Gasteiger partial charge in [-0.1, -0.05) is 47.7 Å². The topological polar surface area (TPSA) is 69.6 Å². The molecule has 1 aliphatic rings. The molecule has 1 aromatic rings. The molecule has 0 aromatic heterocycles. The monoisotopic (exact) mass is 308 g/mol. The number of sulfonamides is 1. The van der Waals surface area contributed by atoms with Crippen LogP contribution in [0.2, 0.25) is 0 Å². The molecule has 0 spiro atoms. The summed E-state index contributed by atoms with van der Waals surface area (Å²) in [5.41, 5.74) is 0.694. The summed E-state index contributed by atoms with van der Waals surface area (Å²) in [4.78, 5) is 0. The summed E-state index contributed by atoms with van der Waals surface area (Å²) < 4.78 is 26.1. The zero-order valence-electron chi connectivity index (χ0n) is 10.6. The van der Waals surface area contributed by atoms with Gasteiger partial charge in [0, 0.05) is 5.03 Å². The lowest BCUT2D eigenvalue weighted by Crippen LogP contribution is -2.14. The second-order valence-corrected chi connectivity index (χ2v) is 6.27. The van der Waals surface area contributed by atoms with Crippen molar-refractivity contribution in [2.24, 2.45) is 4.40 Å². The number of nitrogens with zero attached hydrogens (tertiary/aromatic N) is 1. The first-order chi connectivity index (χ1) is 9.37. The molecule has 0 amide bonds. The van der Waals surface area contributed by atoms with E-state index in [9.17, 15) is 13.5 Å². The van der Waals surface area contributed by atoms with Gasteiger partial charge in [-0.05, 0) is 29.4 Å². The Balaban J connectivity index is 2.62. The van der Waals surface area contributed by atoms with Crippen LogP contribution < -0.4 is 5.11 Å². The third-order valence-electron chi connectivity index (χ3n) is 2.50. The third-order valence-corrected chi connectivity index (χ3v) is 3.27. The molecule has 0 atom stereocenters. The maximum atomic E-state index is 12.4. The second kappa shape index (κ2) is 5.64. The van der Waals surface area contributed by atoms with Crippen molar-refractivity contribution >= 4 is 33.1 Å². The van der Waals surface area contributed by atoms with Gasteiger partial charge in [0.25, 0.3) is 10.0 Å². The van der Waals surface area contributed by atoms with Gasteiger partial charge < -0.3 is 5.11 Å². The predicted octanol–water partition coefficient (Wildman–Crippen LogP) is 1.85. The number of hydrogen-bond donors (Lipinski definition) is 0. The highest BCUT2D eigenvalue weighted by atomic mass is 35.5. The average molecular weight is 309 g/mol. The normalized spacial score (nSPS) is 19.9. The maximum Gasteiger partial charge on any atom is 0.250 e. The van der Waals surface area contributed by atoms with Gasteiger partial charge in [0.05, 0.1) is 12.0 Å². The lowest BCUT2D eigenvalue weighted by molar-refractivity contribution is -0.244. The van der Waals surface area contributed by atoms with Crippen molar-refractivity contribution < 1.29 is 13.5 Å². The SMILES string of the molecule is CS(=O)(=O)N=C1C=CC(Cl)=CC1=C([O-])c1ccccc1. The molecule has 0 radical (unpaired) electrons. The van der Waals surface area contributed by atoms with Crippen molar-refractivity contribution in [3.8, 4) is 0 Å². The summed E-state index contributed by atoms with van der Waals surface area (Å²) in [6, 6.07) is 8.54. The van der Waals surface area contributed by atoms with Crippen LogP contribution in [0.15, 0.2) is 63.6 Å². The Morgan fingerprint density at radius 2 is 1.85 bits per heavy atom. The average Bonchev–Trinajstić information content (AvgIpc) is 2.39. The highest BCUT2D eigenvalue weighted by Gasteiger charge is 2.12. The predicted molar refractivity (Wildman–Crippen MR) is 78.7 cm³/mol. The number of hydrogen-bond acceptors (Lipinski definition) is 3.